The Kier molecular flexibility index (Phi) is 10.6. The lowest BCUT2D eigenvalue weighted by molar-refractivity contribution is -0.132. The van der Waals surface area contributed by atoms with Crippen LogP contribution in [0, 0.1) is 5.82 Å². The molecule has 0 saturated heterocycles. The number of nitrogens with zero attached hydrogens (tertiary/aromatic N) is 5. The van der Waals surface area contributed by atoms with Crippen molar-refractivity contribution in [2.45, 2.75) is 46.4 Å². The number of halogens is 2. The topological polar surface area (TPSA) is 121 Å². The first-order valence-corrected chi connectivity index (χ1v) is 13.5. The number of pyridine rings is 1. The van der Waals surface area contributed by atoms with Crippen LogP contribution < -0.4 is 10.3 Å². The van der Waals surface area contributed by atoms with Crippen molar-refractivity contribution in [3.8, 4) is 5.75 Å². The summed E-state index contributed by atoms with van der Waals surface area (Å²) in [5, 5.41) is 0.147. The Morgan fingerprint density at radius 2 is 1.85 bits per heavy atom. The summed E-state index contributed by atoms with van der Waals surface area (Å²) in [5.74, 6) is -0.370. The molecule has 2 aromatic heterocycles. The maximum atomic E-state index is 13.5. The third kappa shape index (κ3) is 9.12. The summed E-state index contributed by atoms with van der Waals surface area (Å²) in [5.41, 5.74) is -0.693. The molecule has 0 aliphatic heterocycles. The molecular formula is C28H36ClFN6O5. The predicted molar refractivity (Wildman–Crippen MR) is 153 cm³/mol. The number of carbonyl (C=O) groups is 2. The van der Waals surface area contributed by atoms with Gasteiger partial charge in [-0.25, -0.2) is 14.2 Å². The molecule has 0 atom stereocenters. The first kappa shape index (κ1) is 31.8. The highest BCUT2D eigenvalue weighted by Gasteiger charge is 2.27. The molecule has 0 aliphatic rings. The van der Waals surface area contributed by atoms with Gasteiger partial charge in [0.2, 0.25) is 5.91 Å². The second-order valence-electron chi connectivity index (χ2n) is 10.6. The van der Waals surface area contributed by atoms with Gasteiger partial charge in [0.25, 0.3) is 5.56 Å². The van der Waals surface area contributed by atoms with Crippen molar-refractivity contribution >= 4 is 34.5 Å². The van der Waals surface area contributed by atoms with Crippen LogP contribution in [-0.2, 0) is 22.7 Å². The lowest BCUT2D eigenvalue weighted by Gasteiger charge is -2.29. The first-order valence-electron chi connectivity index (χ1n) is 13.1. The van der Waals surface area contributed by atoms with Crippen LogP contribution in [0.3, 0.4) is 0 Å². The third-order valence-corrected chi connectivity index (χ3v) is 6.18. The maximum Gasteiger partial charge on any atom is 0.411 e. The van der Waals surface area contributed by atoms with E-state index < -0.39 is 23.1 Å². The van der Waals surface area contributed by atoms with Gasteiger partial charge in [0.1, 0.15) is 41.7 Å². The molecule has 2 amide bonds. The highest BCUT2D eigenvalue weighted by atomic mass is 35.5. The van der Waals surface area contributed by atoms with Crippen LogP contribution in [0.2, 0.25) is 5.02 Å². The van der Waals surface area contributed by atoms with E-state index in [0.29, 0.717) is 25.3 Å². The molecule has 0 aliphatic carbocycles. The van der Waals surface area contributed by atoms with Crippen molar-refractivity contribution < 1.29 is 23.5 Å². The van der Waals surface area contributed by atoms with Crippen molar-refractivity contribution in [3.05, 3.63) is 63.2 Å². The fraction of sp³-hybridized carbons (Fsp3) is 0.464. The Labute approximate surface area is 243 Å². The molecule has 13 heteroatoms. The van der Waals surface area contributed by atoms with E-state index in [1.807, 2.05) is 25.9 Å². The second-order valence-corrected chi connectivity index (χ2v) is 11.1. The van der Waals surface area contributed by atoms with Crippen LogP contribution in [-0.4, -0.2) is 87.5 Å². The first-order chi connectivity index (χ1) is 19.3. The third-order valence-electron chi connectivity index (χ3n) is 5.89. The van der Waals surface area contributed by atoms with E-state index >= 15 is 0 Å². The lowest BCUT2D eigenvalue weighted by atomic mass is 10.2. The number of fused-ring (bicyclic) bond motifs is 1. The number of likely N-dealkylation sites (N-methyl/N-ethyl adjacent to an activating group) is 2. The zero-order chi connectivity index (χ0) is 30.3. The Morgan fingerprint density at radius 1 is 1.12 bits per heavy atom. The average molecular weight is 591 g/mol. The summed E-state index contributed by atoms with van der Waals surface area (Å²) in [6.07, 6.45) is 0.741. The number of aromatic nitrogens is 3. The fourth-order valence-electron chi connectivity index (χ4n) is 3.80. The number of hydrogen-bond donors (Lipinski definition) is 1. The molecule has 222 valence electrons. The molecule has 0 bridgehead atoms. The van der Waals surface area contributed by atoms with Gasteiger partial charge in [-0.05, 0) is 60.0 Å². The highest BCUT2D eigenvalue weighted by Crippen LogP contribution is 2.22. The predicted octanol–water partition coefficient (Wildman–Crippen LogP) is 3.84. The summed E-state index contributed by atoms with van der Waals surface area (Å²) in [7, 11) is 3.83. The number of ether oxygens (including phenoxy) is 2. The summed E-state index contributed by atoms with van der Waals surface area (Å²) in [6, 6.07) is 5.40. The minimum absolute atomic E-state index is 0.103. The van der Waals surface area contributed by atoms with E-state index in [-0.39, 0.29) is 53.1 Å². The van der Waals surface area contributed by atoms with Crippen molar-refractivity contribution in [2.75, 3.05) is 40.3 Å². The summed E-state index contributed by atoms with van der Waals surface area (Å²) in [4.78, 5) is 55.8. The zero-order valence-corrected chi connectivity index (χ0v) is 24.9. The van der Waals surface area contributed by atoms with Crippen LogP contribution in [0.5, 0.6) is 5.75 Å². The van der Waals surface area contributed by atoms with Crippen molar-refractivity contribution in [3.63, 3.8) is 0 Å². The van der Waals surface area contributed by atoms with Crippen molar-refractivity contribution in [1.29, 1.82) is 0 Å². The number of hydrogen-bond acceptors (Lipinski definition) is 8. The zero-order valence-electron chi connectivity index (χ0n) is 24.2. The quantitative estimate of drug-likeness (QED) is 0.358. The number of rotatable bonds is 11. The van der Waals surface area contributed by atoms with Gasteiger partial charge in [-0.2, -0.15) is 0 Å². The van der Waals surface area contributed by atoms with E-state index in [9.17, 15) is 18.8 Å². The molecular weight excluding hydrogens is 555 g/mol. The van der Waals surface area contributed by atoms with E-state index in [1.165, 1.54) is 35.4 Å². The van der Waals surface area contributed by atoms with Crippen LogP contribution >= 0.6 is 11.6 Å². The highest BCUT2D eigenvalue weighted by molar-refractivity contribution is 6.30. The van der Waals surface area contributed by atoms with Gasteiger partial charge in [0.15, 0.2) is 0 Å². The van der Waals surface area contributed by atoms with Crippen LogP contribution in [0.15, 0.2) is 35.3 Å². The van der Waals surface area contributed by atoms with Gasteiger partial charge >= 0.3 is 6.09 Å². The maximum absolute atomic E-state index is 13.5. The van der Waals surface area contributed by atoms with Gasteiger partial charge in [-0.1, -0.05) is 11.6 Å². The minimum atomic E-state index is -0.802. The molecule has 0 fully saturated rings. The number of benzene rings is 1. The molecule has 3 aromatic rings. The van der Waals surface area contributed by atoms with Gasteiger partial charge in [-0.15, -0.1) is 0 Å². The van der Waals surface area contributed by atoms with Crippen LogP contribution in [0.1, 0.15) is 39.2 Å². The Morgan fingerprint density at radius 3 is 2.49 bits per heavy atom. The summed E-state index contributed by atoms with van der Waals surface area (Å²) < 4.78 is 24.7. The van der Waals surface area contributed by atoms with Crippen LogP contribution in [0.25, 0.3) is 10.9 Å². The molecule has 2 heterocycles. The largest absolute Gasteiger partial charge is 0.486 e. The number of amides is 2. The van der Waals surface area contributed by atoms with E-state index in [4.69, 9.17) is 21.1 Å². The SMILES string of the molecule is CCN(CCN(C)C)C(=O)CN(Cc1nccc2c(=O)[nH]c(COc3ccc(F)c(Cl)c3)nc12)C(=O)OC(C)(C)C. The molecule has 1 N–H and O–H groups in total. The van der Waals surface area contributed by atoms with Gasteiger partial charge < -0.3 is 24.3 Å². The van der Waals surface area contributed by atoms with Crippen molar-refractivity contribution in [1.82, 2.24) is 29.7 Å². The van der Waals surface area contributed by atoms with Gasteiger partial charge in [0.05, 0.1) is 22.6 Å². The molecule has 41 heavy (non-hydrogen) atoms. The van der Waals surface area contributed by atoms with E-state index in [1.54, 1.807) is 25.7 Å². The Bertz CT molecular complexity index is 1440. The van der Waals surface area contributed by atoms with E-state index in [2.05, 4.69) is 15.0 Å². The molecule has 0 saturated carbocycles. The standard InChI is InChI=1S/C28H36ClFN6O5/c1-7-35(13-12-34(5)6)24(37)16-36(27(39)41-28(2,3)4)15-22-25-19(10-11-31-22)26(38)33-23(32-25)17-40-18-8-9-21(30)20(29)14-18/h8-11,14H,7,12-13,15-17H2,1-6H3,(H,32,33,38). The monoisotopic (exact) mass is 590 g/mol. The molecule has 0 radical (unpaired) electrons. The molecule has 0 unspecified atom stereocenters. The van der Waals surface area contributed by atoms with Crippen molar-refractivity contribution in [2.24, 2.45) is 0 Å². The average Bonchev–Trinajstić information content (AvgIpc) is 2.88. The molecule has 3 rings (SSSR count). The van der Waals surface area contributed by atoms with Gasteiger partial charge in [0, 0.05) is 31.9 Å². The lowest BCUT2D eigenvalue weighted by Crippen LogP contribution is -2.46. The Balaban J connectivity index is 1.91. The minimum Gasteiger partial charge on any atom is -0.486 e. The summed E-state index contributed by atoms with van der Waals surface area (Å²) >= 11 is 5.82. The summed E-state index contributed by atoms with van der Waals surface area (Å²) in [6.45, 7) is 8.18. The smallest absolute Gasteiger partial charge is 0.411 e. The molecule has 11 nitrogen and oxygen atoms in total. The second kappa shape index (κ2) is 13.7. The van der Waals surface area contributed by atoms with E-state index in [0.717, 1.165) is 0 Å². The fourth-order valence-corrected chi connectivity index (χ4v) is 3.97. The molecule has 0 spiro atoms. The molecule has 1 aromatic carbocycles. The number of nitrogens with one attached hydrogen (secondary N) is 1. The Hall–Kier alpha value is -3.77. The normalized spacial score (nSPS) is 11.5. The number of H-pyrrole nitrogens is 1. The number of aromatic amines is 1. The van der Waals surface area contributed by atoms with Crippen LogP contribution in [0.4, 0.5) is 9.18 Å². The van der Waals surface area contributed by atoms with Gasteiger partial charge in [-0.3, -0.25) is 19.5 Å². The number of carbonyl (C=O) groups excluding carboxylic acids is 2.